The Labute approximate surface area is 198 Å². The van der Waals surface area contributed by atoms with Crippen molar-refractivity contribution >= 4 is 45.9 Å². The Morgan fingerprint density at radius 3 is 2.76 bits per heavy atom. The Morgan fingerprint density at radius 1 is 1.24 bits per heavy atom. The van der Waals surface area contributed by atoms with Crippen LogP contribution in [0.5, 0.6) is 0 Å². The van der Waals surface area contributed by atoms with Gasteiger partial charge in [-0.2, -0.15) is 0 Å². The molecule has 4 aromatic rings. The number of halogens is 1. The lowest BCUT2D eigenvalue weighted by atomic mass is 9.96. The van der Waals surface area contributed by atoms with Crippen LogP contribution in [0.3, 0.4) is 0 Å². The second kappa shape index (κ2) is 8.50. The molecule has 33 heavy (non-hydrogen) atoms. The highest BCUT2D eigenvalue weighted by Crippen LogP contribution is 2.31. The van der Waals surface area contributed by atoms with Crippen LogP contribution in [0, 0.1) is 0 Å². The van der Waals surface area contributed by atoms with Crippen LogP contribution in [0.15, 0.2) is 75.8 Å². The van der Waals surface area contributed by atoms with Gasteiger partial charge in [0.1, 0.15) is 0 Å². The maximum absolute atomic E-state index is 13.6. The average Bonchev–Trinajstić information content (AvgIpc) is 3.35. The van der Waals surface area contributed by atoms with Crippen molar-refractivity contribution in [1.82, 2.24) is 9.55 Å². The number of thiazole rings is 1. The maximum atomic E-state index is 13.6. The van der Waals surface area contributed by atoms with Gasteiger partial charge in [0.2, 0.25) is 0 Å². The largest absolute Gasteiger partial charge is 0.463 e. The SMILES string of the molecule is CCOC(=O)C1=C(C)N=c2s/c(=C\c3c[nH]c4ccccc34)c(=O)n2[C@@H]1c1ccc(Cl)cc1. The average molecular weight is 478 g/mol. The van der Waals surface area contributed by atoms with Crippen LogP contribution in [-0.2, 0) is 9.53 Å². The molecule has 1 aliphatic heterocycles. The summed E-state index contributed by atoms with van der Waals surface area (Å²) in [7, 11) is 0. The normalized spacial score (nSPS) is 16.1. The van der Waals surface area contributed by atoms with Crippen molar-refractivity contribution in [3.8, 4) is 0 Å². The van der Waals surface area contributed by atoms with E-state index in [1.807, 2.05) is 48.7 Å². The molecule has 6 nitrogen and oxygen atoms in total. The summed E-state index contributed by atoms with van der Waals surface area (Å²) in [5.74, 6) is -0.482. The van der Waals surface area contributed by atoms with Crippen molar-refractivity contribution in [3.05, 3.63) is 102 Å². The molecule has 1 atom stereocenters. The highest BCUT2D eigenvalue weighted by atomic mass is 35.5. The summed E-state index contributed by atoms with van der Waals surface area (Å²) < 4.78 is 7.43. The third kappa shape index (κ3) is 3.73. The predicted molar refractivity (Wildman–Crippen MR) is 130 cm³/mol. The van der Waals surface area contributed by atoms with Crippen molar-refractivity contribution in [1.29, 1.82) is 0 Å². The molecule has 0 amide bonds. The molecule has 0 saturated heterocycles. The zero-order valence-corrected chi connectivity index (χ0v) is 19.5. The summed E-state index contributed by atoms with van der Waals surface area (Å²) in [6.45, 7) is 3.75. The molecule has 5 rings (SSSR count). The number of allylic oxidation sites excluding steroid dienone is 1. The molecule has 1 aliphatic rings. The fourth-order valence-electron chi connectivity index (χ4n) is 4.11. The molecule has 3 heterocycles. The number of aromatic nitrogens is 2. The highest BCUT2D eigenvalue weighted by molar-refractivity contribution is 7.07. The first-order valence-corrected chi connectivity index (χ1v) is 11.7. The Hall–Kier alpha value is -3.42. The van der Waals surface area contributed by atoms with Crippen LogP contribution in [0.4, 0.5) is 0 Å². The van der Waals surface area contributed by atoms with Crippen LogP contribution < -0.4 is 14.9 Å². The lowest BCUT2D eigenvalue weighted by Gasteiger charge is -2.24. The number of nitrogens with one attached hydrogen (secondary N) is 1. The van der Waals surface area contributed by atoms with Gasteiger partial charge >= 0.3 is 5.97 Å². The number of para-hydroxylation sites is 1. The van der Waals surface area contributed by atoms with E-state index in [1.165, 1.54) is 11.3 Å². The van der Waals surface area contributed by atoms with Gasteiger partial charge in [0.25, 0.3) is 5.56 Å². The number of ether oxygens (including phenoxy) is 1. The maximum Gasteiger partial charge on any atom is 0.338 e. The van der Waals surface area contributed by atoms with Crippen molar-refractivity contribution in [2.45, 2.75) is 19.9 Å². The number of hydrogen-bond donors (Lipinski definition) is 1. The van der Waals surface area contributed by atoms with Crippen molar-refractivity contribution in [2.24, 2.45) is 4.99 Å². The van der Waals surface area contributed by atoms with Crippen molar-refractivity contribution < 1.29 is 9.53 Å². The van der Waals surface area contributed by atoms with E-state index in [9.17, 15) is 9.59 Å². The van der Waals surface area contributed by atoms with Gasteiger partial charge in [0.15, 0.2) is 4.80 Å². The van der Waals surface area contributed by atoms with E-state index < -0.39 is 12.0 Å². The van der Waals surface area contributed by atoms with E-state index in [-0.39, 0.29) is 12.2 Å². The quantitative estimate of drug-likeness (QED) is 0.452. The van der Waals surface area contributed by atoms with Gasteiger partial charge in [0.05, 0.1) is 28.5 Å². The van der Waals surface area contributed by atoms with Gasteiger partial charge in [-0.15, -0.1) is 0 Å². The van der Waals surface area contributed by atoms with Crippen LogP contribution in [0.25, 0.3) is 17.0 Å². The summed E-state index contributed by atoms with van der Waals surface area (Å²) in [6, 6.07) is 14.4. The van der Waals surface area contributed by atoms with Gasteiger partial charge in [0, 0.05) is 27.7 Å². The lowest BCUT2D eigenvalue weighted by molar-refractivity contribution is -0.139. The fraction of sp³-hybridized carbons (Fsp3) is 0.160. The molecule has 0 radical (unpaired) electrons. The summed E-state index contributed by atoms with van der Waals surface area (Å²) in [4.78, 5) is 34.9. The molecule has 0 fully saturated rings. The molecule has 2 aromatic heterocycles. The van der Waals surface area contributed by atoms with E-state index in [0.29, 0.717) is 25.6 Å². The van der Waals surface area contributed by atoms with Gasteiger partial charge in [-0.3, -0.25) is 9.36 Å². The van der Waals surface area contributed by atoms with Crippen LogP contribution in [0.1, 0.15) is 31.0 Å². The van der Waals surface area contributed by atoms with E-state index in [2.05, 4.69) is 9.98 Å². The molecular formula is C25H20ClN3O3S. The Balaban J connectivity index is 1.74. The molecule has 0 unspecified atom stereocenters. The smallest absolute Gasteiger partial charge is 0.338 e. The summed E-state index contributed by atoms with van der Waals surface area (Å²) >= 11 is 7.40. The summed E-state index contributed by atoms with van der Waals surface area (Å²) in [6.07, 6.45) is 3.75. The number of carbonyl (C=O) groups is 1. The first-order valence-electron chi connectivity index (χ1n) is 10.5. The van der Waals surface area contributed by atoms with Crippen molar-refractivity contribution in [3.63, 3.8) is 0 Å². The third-order valence-electron chi connectivity index (χ3n) is 5.61. The third-order valence-corrected chi connectivity index (χ3v) is 6.85. The number of esters is 1. The number of aromatic amines is 1. The number of nitrogens with zero attached hydrogens (tertiary/aromatic N) is 2. The molecule has 0 bridgehead atoms. The first-order chi connectivity index (χ1) is 16.0. The number of fused-ring (bicyclic) bond motifs is 2. The summed E-state index contributed by atoms with van der Waals surface area (Å²) in [5.41, 5.74) is 3.35. The minimum atomic E-state index is -0.650. The summed E-state index contributed by atoms with van der Waals surface area (Å²) in [5, 5.41) is 1.60. The standard InChI is InChI=1S/C25H20ClN3O3S/c1-3-32-24(31)21-14(2)28-25-29(22(21)15-8-10-17(26)11-9-15)23(30)20(33-25)12-16-13-27-19-7-5-4-6-18(16)19/h4-13,22,27H,3H2,1-2H3/b20-12-/t22-/m1/s1. The molecule has 0 aliphatic carbocycles. The Morgan fingerprint density at radius 2 is 2.00 bits per heavy atom. The molecule has 0 saturated carbocycles. The van der Waals surface area contributed by atoms with Gasteiger partial charge in [-0.25, -0.2) is 9.79 Å². The molecule has 2 aromatic carbocycles. The fourth-order valence-corrected chi connectivity index (χ4v) is 5.27. The topological polar surface area (TPSA) is 76.4 Å². The van der Waals surface area contributed by atoms with Crippen LogP contribution in [-0.4, -0.2) is 22.1 Å². The Bertz CT molecular complexity index is 1590. The number of H-pyrrole nitrogens is 1. The van der Waals surface area contributed by atoms with Gasteiger partial charge in [-0.05, 0) is 43.7 Å². The second-order valence-corrected chi connectivity index (χ2v) is 9.09. The molecule has 0 spiro atoms. The molecule has 8 heteroatoms. The lowest BCUT2D eigenvalue weighted by Crippen LogP contribution is -2.39. The van der Waals surface area contributed by atoms with E-state index in [1.54, 1.807) is 30.5 Å². The van der Waals surface area contributed by atoms with Crippen LogP contribution >= 0.6 is 22.9 Å². The van der Waals surface area contributed by atoms with Crippen molar-refractivity contribution in [2.75, 3.05) is 6.61 Å². The minimum absolute atomic E-state index is 0.210. The highest BCUT2D eigenvalue weighted by Gasteiger charge is 2.33. The predicted octanol–water partition coefficient (Wildman–Crippen LogP) is 3.93. The van der Waals surface area contributed by atoms with Gasteiger partial charge < -0.3 is 9.72 Å². The molecule has 166 valence electrons. The van der Waals surface area contributed by atoms with E-state index in [0.717, 1.165) is 22.0 Å². The minimum Gasteiger partial charge on any atom is -0.463 e. The zero-order valence-electron chi connectivity index (χ0n) is 18.0. The molecular weight excluding hydrogens is 458 g/mol. The molecule has 1 N–H and O–H groups in total. The van der Waals surface area contributed by atoms with E-state index in [4.69, 9.17) is 16.3 Å². The van der Waals surface area contributed by atoms with E-state index >= 15 is 0 Å². The number of rotatable bonds is 4. The second-order valence-electron chi connectivity index (χ2n) is 7.64. The van der Waals surface area contributed by atoms with Gasteiger partial charge in [-0.1, -0.05) is 53.3 Å². The number of carbonyl (C=O) groups excluding carboxylic acids is 1. The monoisotopic (exact) mass is 477 g/mol. The first kappa shape index (κ1) is 21.4. The number of benzene rings is 2. The van der Waals surface area contributed by atoms with Crippen LogP contribution in [0.2, 0.25) is 5.02 Å². The number of hydrogen-bond acceptors (Lipinski definition) is 5. The zero-order chi connectivity index (χ0) is 23.1. The Kier molecular flexibility index (Phi) is 5.52.